The van der Waals surface area contributed by atoms with Crippen LogP contribution in [0.5, 0.6) is 0 Å². The summed E-state index contributed by atoms with van der Waals surface area (Å²) in [4.78, 5) is 0. The van der Waals surface area contributed by atoms with Gasteiger partial charge in [-0.3, -0.25) is 0 Å². The van der Waals surface area contributed by atoms with E-state index >= 15 is 0 Å². The summed E-state index contributed by atoms with van der Waals surface area (Å²) in [5.41, 5.74) is 0.956. The SMILES string of the molecule is CC(C)c1cc(CSc2nnc([C@H]3CCCNC3)n2C)no1. The van der Waals surface area contributed by atoms with Gasteiger partial charge in [-0.05, 0) is 19.4 Å². The van der Waals surface area contributed by atoms with E-state index in [1.165, 1.54) is 12.8 Å². The van der Waals surface area contributed by atoms with E-state index < -0.39 is 0 Å². The Kier molecular flexibility index (Phi) is 4.83. The van der Waals surface area contributed by atoms with Gasteiger partial charge in [-0.15, -0.1) is 10.2 Å². The van der Waals surface area contributed by atoms with Gasteiger partial charge in [0.2, 0.25) is 0 Å². The number of nitrogens with zero attached hydrogens (tertiary/aromatic N) is 4. The maximum Gasteiger partial charge on any atom is 0.191 e. The molecule has 7 heteroatoms. The van der Waals surface area contributed by atoms with Crippen LogP contribution < -0.4 is 5.32 Å². The second-order valence-electron chi connectivity index (χ2n) is 6.11. The van der Waals surface area contributed by atoms with Crippen molar-refractivity contribution in [3.8, 4) is 0 Å². The van der Waals surface area contributed by atoms with Gasteiger partial charge in [0.1, 0.15) is 11.6 Å². The molecular formula is C15H23N5OS. The largest absolute Gasteiger partial charge is 0.361 e. The first-order valence-electron chi connectivity index (χ1n) is 7.83. The average molecular weight is 321 g/mol. The summed E-state index contributed by atoms with van der Waals surface area (Å²) < 4.78 is 7.45. The smallest absolute Gasteiger partial charge is 0.191 e. The molecule has 2 aromatic heterocycles. The van der Waals surface area contributed by atoms with Gasteiger partial charge in [0.15, 0.2) is 5.16 Å². The topological polar surface area (TPSA) is 68.8 Å². The molecule has 22 heavy (non-hydrogen) atoms. The molecule has 2 aromatic rings. The zero-order chi connectivity index (χ0) is 15.5. The van der Waals surface area contributed by atoms with Crippen molar-refractivity contribution >= 4 is 11.8 Å². The maximum absolute atomic E-state index is 5.33. The van der Waals surface area contributed by atoms with Gasteiger partial charge in [0, 0.05) is 37.2 Å². The van der Waals surface area contributed by atoms with E-state index in [2.05, 4.69) is 46.1 Å². The number of aromatic nitrogens is 4. The van der Waals surface area contributed by atoms with Gasteiger partial charge < -0.3 is 14.4 Å². The highest BCUT2D eigenvalue weighted by Gasteiger charge is 2.21. The lowest BCUT2D eigenvalue weighted by molar-refractivity contribution is 0.367. The fourth-order valence-electron chi connectivity index (χ4n) is 2.69. The van der Waals surface area contributed by atoms with Gasteiger partial charge in [0.25, 0.3) is 0 Å². The first kappa shape index (κ1) is 15.6. The Bertz CT molecular complexity index is 615. The molecule has 3 rings (SSSR count). The molecule has 1 fully saturated rings. The van der Waals surface area contributed by atoms with Crippen LogP contribution in [0.3, 0.4) is 0 Å². The highest BCUT2D eigenvalue weighted by Crippen LogP contribution is 2.27. The van der Waals surface area contributed by atoms with Crippen molar-refractivity contribution in [2.45, 2.75) is 49.4 Å². The van der Waals surface area contributed by atoms with Crippen LogP contribution in [0.1, 0.15) is 55.8 Å². The Labute approximate surface area is 135 Å². The van der Waals surface area contributed by atoms with Crippen molar-refractivity contribution in [3.63, 3.8) is 0 Å². The van der Waals surface area contributed by atoms with Crippen molar-refractivity contribution in [2.24, 2.45) is 7.05 Å². The van der Waals surface area contributed by atoms with Crippen molar-refractivity contribution in [1.82, 2.24) is 25.2 Å². The van der Waals surface area contributed by atoms with Crippen molar-refractivity contribution in [3.05, 3.63) is 23.3 Å². The van der Waals surface area contributed by atoms with Gasteiger partial charge in [0.05, 0.1) is 5.69 Å². The predicted molar refractivity (Wildman–Crippen MR) is 86.0 cm³/mol. The van der Waals surface area contributed by atoms with E-state index in [-0.39, 0.29) is 0 Å². The minimum absolute atomic E-state index is 0.367. The normalized spacial score (nSPS) is 19.0. The molecule has 0 bridgehead atoms. The summed E-state index contributed by atoms with van der Waals surface area (Å²) in [5, 5.41) is 17.2. The third-order valence-corrected chi connectivity index (χ3v) is 5.08. The quantitative estimate of drug-likeness (QED) is 0.854. The molecule has 0 amide bonds. The van der Waals surface area contributed by atoms with Gasteiger partial charge in [-0.1, -0.05) is 30.8 Å². The van der Waals surface area contributed by atoms with Gasteiger partial charge in [-0.2, -0.15) is 0 Å². The molecule has 0 aliphatic carbocycles. The van der Waals surface area contributed by atoms with E-state index in [9.17, 15) is 0 Å². The van der Waals surface area contributed by atoms with Gasteiger partial charge in [-0.25, -0.2) is 0 Å². The number of thioether (sulfide) groups is 1. The number of hydrogen-bond donors (Lipinski definition) is 1. The third kappa shape index (κ3) is 3.35. The van der Waals surface area contributed by atoms with Crippen LogP contribution in [0.15, 0.2) is 15.7 Å². The minimum Gasteiger partial charge on any atom is -0.361 e. The fraction of sp³-hybridized carbons (Fsp3) is 0.667. The Morgan fingerprint density at radius 1 is 1.45 bits per heavy atom. The van der Waals surface area contributed by atoms with E-state index in [1.807, 2.05) is 6.07 Å². The summed E-state index contributed by atoms with van der Waals surface area (Å²) in [7, 11) is 2.05. The summed E-state index contributed by atoms with van der Waals surface area (Å²) in [6, 6.07) is 2.03. The summed E-state index contributed by atoms with van der Waals surface area (Å²) >= 11 is 1.66. The van der Waals surface area contributed by atoms with Crippen LogP contribution in [0.4, 0.5) is 0 Å². The molecule has 120 valence electrons. The van der Waals surface area contributed by atoms with Crippen LogP contribution in [0.25, 0.3) is 0 Å². The molecule has 6 nitrogen and oxygen atoms in total. The van der Waals surface area contributed by atoms with Crippen LogP contribution in [0.2, 0.25) is 0 Å². The molecule has 0 radical (unpaired) electrons. The van der Waals surface area contributed by atoms with E-state index in [4.69, 9.17) is 4.52 Å². The zero-order valence-electron chi connectivity index (χ0n) is 13.4. The number of hydrogen-bond acceptors (Lipinski definition) is 6. The molecule has 3 heterocycles. The minimum atomic E-state index is 0.367. The summed E-state index contributed by atoms with van der Waals surface area (Å²) in [6.45, 7) is 6.31. The zero-order valence-corrected chi connectivity index (χ0v) is 14.2. The van der Waals surface area contributed by atoms with Gasteiger partial charge >= 0.3 is 0 Å². The summed E-state index contributed by atoms with van der Waals surface area (Å²) in [6.07, 6.45) is 2.39. The Balaban J connectivity index is 1.64. The number of piperidine rings is 1. The number of nitrogens with one attached hydrogen (secondary N) is 1. The molecule has 1 aliphatic heterocycles. The van der Waals surface area contributed by atoms with E-state index in [0.717, 1.165) is 41.3 Å². The standard InChI is InChI=1S/C15H23N5OS/c1-10(2)13-7-12(19-21-13)9-22-15-18-17-14(20(15)3)11-5-4-6-16-8-11/h7,10-11,16H,4-6,8-9H2,1-3H3/t11-/m0/s1. The van der Waals surface area contributed by atoms with Crippen LogP contribution in [0, 0.1) is 0 Å². The van der Waals surface area contributed by atoms with Crippen LogP contribution in [-0.2, 0) is 12.8 Å². The monoisotopic (exact) mass is 321 g/mol. The second kappa shape index (κ2) is 6.83. The molecule has 0 spiro atoms. The summed E-state index contributed by atoms with van der Waals surface area (Å²) in [5.74, 6) is 3.61. The van der Waals surface area contributed by atoms with E-state index in [1.54, 1.807) is 11.8 Å². The predicted octanol–water partition coefficient (Wildman–Crippen LogP) is 2.69. The van der Waals surface area contributed by atoms with Crippen LogP contribution in [-0.4, -0.2) is 33.0 Å². The molecule has 1 saturated heterocycles. The van der Waals surface area contributed by atoms with Crippen molar-refractivity contribution in [1.29, 1.82) is 0 Å². The molecule has 1 aliphatic rings. The van der Waals surface area contributed by atoms with E-state index in [0.29, 0.717) is 11.8 Å². The lowest BCUT2D eigenvalue weighted by Gasteiger charge is -2.21. The number of rotatable bonds is 5. The first-order valence-corrected chi connectivity index (χ1v) is 8.82. The van der Waals surface area contributed by atoms with Crippen molar-refractivity contribution < 1.29 is 4.52 Å². The Morgan fingerprint density at radius 3 is 3.00 bits per heavy atom. The van der Waals surface area contributed by atoms with Crippen molar-refractivity contribution in [2.75, 3.05) is 13.1 Å². The Morgan fingerprint density at radius 2 is 2.32 bits per heavy atom. The Hall–Kier alpha value is -1.34. The first-order chi connectivity index (χ1) is 10.6. The molecule has 0 saturated carbocycles. The molecule has 0 aromatic carbocycles. The highest BCUT2D eigenvalue weighted by molar-refractivity contribution is 7.98. The maximum atomic E-state index is 5.33. The van der Waals surface area contributed by atoms with Crippen LogP contribution >= 0.6 is 11.8 Å². The molecular weight excluding hydrogens is 298 g/mol. The molecule has 0 unspecified atom stereocenters. The molecule has 1 N–H and O–H groups in total. The molecule has 1 atom stereocenters. The highest BCUT2D eigenvalue weighted by atomic mass is 32.2. The lowest BCUT2D eigenvalue weighted by atomic mass is 9.99. The lowest BCUT2D eigenvalue weighted by Crippen LogP contribution is -2.29. The fourth-order valence-corrected chi connectivity index (χ4v) is 3.49. The second-order valence-corrected chi connectivity index (χ2v) is 7.05. The third-order valence-electron chi connectivity index (χ3n) is 4.03. The average Bonchev–Trinajstić information content (AvgIpc) is 3.13.